The number of amides is 2. The van der Waals surface area contributed by atoms with Crippen LogP contribution >= 0.6 is 0 Å². The zero-order valence-electron chi connectivity index (χ0n) is 16.9. The molecule has 2 aromatic heterocycles. The highest BCUT2D eigenvalue weighted by Crippen LogP contribution is 2.21. The van der Waals surface area contributed by atoms with E-state index in [0.29, 0.717) is 37.4 Å². The molecule has 3 rings (SSSR count). The average molecular weight is 373 g/mol. The molecule has 0 radical (unpaired) electrons. The lowest BCUT2D eigenvalue weighted by Crippen LogP contribution is -2.51. The Balaban J connectivity index is 1.73. The molecule has 27 heavy (non-hydrogen) atoms. The first-order valence-electron chi connectivity index (χ1n) is 9.15. The summed E-state index contributed by atoms with van der Waals surface area (Å²) in [5.74, 6) is -0.0611. The van der Waals surface area contributed by atoms with Crippen molar-refractivity contribution in [3.05, 3.63) is 23.0 Å². The molecule has 0 atom stereocenters. The summed E-state index contributed by atoms with van der Waals surface area (Å²) >= 11 is 0. The van der Waals surface area contributed by atoms with Gasteiger partial charge in [-0.25, -0.2) is 9.78 Å². The van der Waals surface area contributed by atoms with Crippen LogP contribution in [0.4, 0.5) is 4.79 Å². The maximum Gasteiger partial charge on any atom is 0.410 e. The van der Waals surface area contributed by atoms with Crippen molar-refractivity contribution >= 4 is 23.0 Å². The Kier molecular flexibility index (Phi) is 4.84. The summed E-state index contributed by atoms with van der Waals surface area (Å²) in [6, 6.07) is 1.88. The van der Waals surface area contributed by atoms with Crippen LogP contribution in [0.25, 0.3) is 11.0 Å². The molecule has 1 aliphatic heterocycles. The highest BCUT2D eigenvalue weighted by molar-refractivity contribution is 5.98. The van der Waals surface area contributed by atoms with Gasteiger partial charge in [-0.05, 0) is 40.7 Å². The van der Waals surface area contributed by atoms with Gasteiger partial charge in [-0.1, -0.05) is 0 Å². The average Bonchev–Trinajstić information content (AvgIpc) is 2.85. The van der Waals surface area contributed by atoms with Crippen LogP contribution < -0.4 is 0 Å². The van der Waals surface area contributed by atoms with Crippen molar-refractivity contribution in [3.63, 3.8) is 0 Å². The summed E-state index contributed by atoms with van der Waals surface area (Å²) in [5.41, 5.74) is 2.37. The molecular weight excluding hydrogens is 346 g/mol. The van der Waals surface area contributed by atoms with Crippen LogP contribution in [0.1, 0.15) is 42.5 Å². The molecule has 0 aliphatic carbocycles. The van der Waals surface area contributed by atoms with Crippen LogP contribution in [0.2, 0.25) is 0 Å². The third kappa shape index (κ3) is 3.89. The van der Waals surface area contributed by atoms with Crippen molar-refractivity contribution in [3.8, 4) is 0 Å². The van der Waals surface area contributed by atoms with E-state index >= 15 is 0 Å². The van der Waals surface area contributed by atoms with Gasteiger partial charge in [0.05, 0.1) is 17.0 Å². The lowest BCUT2D eigenvalue weighted by molar-refractivity contribution is 0.0140. The number of ether oxygens (including phenoxy) is 1. The van der Waals surface area contributed by atoms with Crippen LogP contribution in [-0.2, 0) is 11.8 Å². The number of carbonyl (C=O) groups excluding carboxylic acids is 2. The second-order valence-electron chi connectivity index (χ2n) is 7.96. The van der Waals surface area contributed by atoms with Gasteiger partial charge in [0, 0.05) is 38.6 Å². The molecular formula is C19H27N5O3. The van der Waals surface area contributed by atoms with Gasteiger partial charge >= 0.3 is 6.09 Å². The molecule has 8 heteroatoms. The Morgan fingerprint density at radius 3 is 2.22 bits per heavy atom. The maximum absolute atomic E-state index is 13.0. The zero-order chi connectivity index (χ0) is 19.9. The first-order valence-corrected chi connectivity index (χ1v) is 9.15. The van der Waals surface area contributed by atoms with Crippen LogP contribution in [0.3, 0.4) is 0 Å². The van der Waals surface area contributed by atoms with Crippen molar-refractivity contribution in [2.24, 2.45) is 7.05 Å². The molecule has 0 bridgehead atoms. The van der Waals surface area contributed by atoms with E-state index in [0.717, 1.165) is 16.7 Å². The number of aryl methyl sites for hydroxylation is 3. The van der Waals surface area contributed by atoms with Crippen LogP contribution in [0.5, 0.6) is 0 Å². The first-order chi connectivity index (χ1) is 12.6. The highest BCUT2D eigenvalue weighted by Gasteiger charge is 2.29. The third-order valence-corrected chi connectivity index (χ3v) is 4.64. The SMILES string of the molecule is Cc1nc2c(cc1C(=O)N1CCN(C(=O)OC(C)(C)C)CC1)c(C)nn2C. The molecule has 1 saturated heterocycles. The van der Waals surface area contributed by atoms with Crippen molar-refractivity contribution in [2.45, 2.75) is 40.2 Å². The minimum Gasteiger partial charge on any atom is -0.444 e. The third-order valence-electron chi connectivity index (χ3n) is 4.64. The van der Waals surface area contributed by atoms with Gasteiger partial charge in [0.15, 0.2) is 5.65 Å². The van der Waals surface area contributed by atoms with Crippen LogP contribution in [-0.4, -0.2) is 68.3 Å². The molecule has 146 valence electrons. The summed E-state index contributed by atoms with van der Waals surface area (Å²) in [5, 5.41) is 5.26. The fourth-order valence-electron chi connectivity index (χ4n) is 3.24. The van der Waals surface area contributed by atoms with Gasteiger partial charge in [0.2, 0.25) is 0 Å². The van der Waals surface area contributed by atoms with Crippen LogP contribution in [0, 0.1) is 13.8 Å². The Bertz CT molecular complexity index is 889. The molecule has 0 spiro atoms. The molecule has 0 unspecified atom stereocenters. The molecule has 1 fully saturated rings. The van der Waals surface area contributed by atoms with E-state index in [1.165, 1.54) is 0 Å². The monoisotopic (exact) mass is 373 g/mol. The number of nitrogens with zero attached hydrogens (tertiary/aromatic N) is 5. The van der Waals surface area contributed by atoms with Gasteiger partial charge < -0.3 is 14.5 Å². The number of fused-ring (bicyclic) bond motifs is 1. The number of aromatic nitrogens is 3. The van der Waals surface area contributed by atoms with E-state index in [1.54, 1.807) is 14.5 Å². The van der Waals surface area contributed by atoms with Gasteiger partial charge in [0.1, 0.15) is 5.60 Å². The Morgan fingerprint density at radius 1 is 1.04 bits per heavy atom. The van der Waals surface area contributed by atoms with Crippen molar-refractivity contribution < 1.29 is 14.3 Å². The molecule has 8 nitrogen and oxygen atoms in total. The normalized spacial score (nSPS) is 15.3. The number of hydrogen-bond acceptors (Lipinski definition) is 5. The Labute approximate surface area is 159 Å². The Hall–Kier alpha value is -2.64. The summed E-state index contributed by atoms with van der Waals surface area (Å²) in [6.07, 6.45) is -0.333. The minimum atomic E-state index is -0.524. The predicted octanol–water partition coefficient (Wildman–Crippen LogP) is 2.28. The van der Waals surface area contributed by atoms with E-state index < -0.39 is 5.60 Å². The molecule has 1 aliphatic rings. The minimum absolute atomic E-state index is 0.0611. The van der Waals surface area contributed by atoms with E-state index in [1.807, 2.05) is 47.7 Å². The van der Waals surface area contributed by atoms with Crippen LogP contribution in [0.15, 0.2) is 6.07 Å². The smallest absolute Gasteiger partial charge is 0.410 e. The number of piperazine rings is 1. The number of carbonyl (C=O) groups is 2. The number of rotatable bonds is 1. The summed E-state index contributed by atoms with van der Waals surface area (Å²) in [7, 11) is 1.85. The molecule has 3 heterocycles. The maximum atomic E-state index is 13.0. The van der Waals surface area contributed by atoms with Gasteiger partial charge in [0.25, 0.3) is 5.91 Å². The van der Waals surface area contributed by atoms with Gasteiger partial charge in [-0.15, -0.1) is 0 Å². The lowest BCUT2D eigenvalue weighted by Gasteiger charge is -2.35. The fraction of sp³-hybridized carbons (Fsp3) is 0.579. The lowest BCUT2D eigenvalue weighted by atomic mass is 10.1. The van der Waals surface area contributed by atoms with Crippen molar-refractivity contribution in [2.75, 3.05) is 26.2 Å². The highest BCUT2D eigenvalue weighted by atomic mass is 16.6. The predicted molar refractivity (Wildman–Crippen MR) is 102 cm³/mol. The van der Waals surface area contributed by atoms with E-state index in [9.17, 15) is 9.59 Å². The summed E-state index contributed by atoms with van der Waals surface area (Å²) < 4.78 is 7.13. The molecule has 2 amide bonds. The largest absolute Gasteiger partial charge is 0.444 e. The second kappa shape index (κ2) is 6.83. The van der Waals surface area contributed by atoms with Gasteiger partial charge in [-0.2, -0.15) is 5.10 Å². The topological polar surface area (TPSA) is 80.6 Å². The first kappa shape index (κ1) is 19.1. The quantitative estimate of drug-likeness (QED) is 0.766. The van der Waals surface area contributed by atoms with E-state index in [-0.39, 0.29) is 12.0 Å². The van der Waals surface area contributed by atoms with E-state index in [4.69, 9.17) is 4.74 Å². The molecule has 2 aromatic rings. The fourth-order valence-corrected chi connectivity index (χ4v) is 3.24. The summed E-state index contributed by atoms with van der Waals surface area (Å²) in [4.78, 5) is 33.2. The van der Waals surface area contributed by atoms with E-state index in [2.05, 4.69) is 10.1 Å². The number of pyridine rings is 1. The molecule has 0 saturated carbocycles. The second-order valence-corrected chi connectivity index (χ2v) is 7.96. The van der Waals surface area contributed by atoms with Crippen molar-refractivity contribution in [1.82, 2.24) is 24.6 Å². The van der Waals surface area contributed by atoms with Gasteiger partial charge in [-0.3, -0.25) is 9.48 Å². The van der Waals surface area contributed by atoms with Crippen molar-refractivity contribution in [1.29, 1.82) is 0 Å². The summed E-state index contributed by atoms with van der Waals surface area (Å²) in [6.45, 7) is 11.1. The standard InChI is InChI=1S/C19H27N5O3/c1-12-15(11-14-13(2)21-22(6)16(14)20-12)17(25)23-7-9-24(10-8-23)18(26)27-19(3,4)5/h11H,7-10H2,1-6H3. The number of hydrogen-bond donors (Lipinski definition) is 0. The zero-order valence-corrected chi connectivity index (χ0v) is 16.9. The Morgan fingerprint density at radius 2 is 1.63 bits per heavy atom. The molecule has 0 aromatic carbocycles. The molecule has 0 N–H and O–H groups in total.